The van der Waals surface area contributed by atoms with Crippen molar-refractivity contribution in [2.75, 3.05) is 38.2 Å². The van der Waals surface area contributed by atoms with Crippen molar-refractivity contribution in [3.8, 4) is 11.8 Å². The molecule has 0 aliphatic carbocycles. The van der Waals surface area contributed by atoms with Gasteiger partial charge in [-0.15, -0.1) is 0 Å². The second kappa shape index (κ2) is 6.66. The van der Waals surface area contributed by atoms with Crippen molar-refractivity contribution in [1.29, 1.82) is 5.26 Å². The molecule has 1 N–H and O–H groups in total. The molecule has 0 saturated carbocycles. The summed E-state index contributed by atoms with van der Waals surface area (Å²) < 4.78 is 5.41. The van der Waals surface area contributed by atoms with Crippen molar-refractivity contribution in [2.24, 2.45) is 5.41 Å². The van der Waals surface area contributed by atoms with Crippen LogP contribution in [0.15, 0.2) is 24.4 Å². The van der Waals surface area contributed by atoms with Crippen LogP contribution in [0.4, 0.5) is 5.69 Å². The molecule has 1 aromatic carbocycles. The molecule has 2 aliphatic rings. The Balaban J connectivity index is 0.000000815. The molecule has 0 unspecified atom stereocenters. The zero-order valence-corrected chi connectivity index (χ0v) is 14.6. The number of hydrogen-bond donors (Lipinski definition) is 1. The maximum absolute atomic E-state index is 9.47. The molecule has 2 saturated heterocycles. The third kappa shape index (κ3) is 2.57. The van der Waals surface area contributed by atoms with Crippen molar-refractivity contribution >= 4 is 16.6 Å². The summed E-state index contributed by atoms with van der Waals surface area (Å²) in [5, 5.41) is 13.9. The van der Waals surface area contributed by atoms with E-state index >= 15 is 0 Å². The number of methoxy groups -OCH3 is 1. The van der Waals surface area contributed by atoms with Gasteiger partial charge in [0, 0.05) is 36.6 Å². The van der Waals surface area contributed by atoms with Crippen LogP contribution in [0.5, 0.6) is 5.75 Å². The predicted molar refractivity (Wildman–Crippen MR) is 96.5 cm³/mol. The van der Waals surface area contributed by atoms with Crippen molar-refractivity contribution in [2.45, 2.75) is 20.3 Å². The van der Waals surface area contributed by atoms with Crippen molar-refractivity contribution < 1.29 is 4.74 Å². The van der Waals surface area contributed by atoms with E-state index in [9.17, 15) is 5.26 Å². The number of fused-ring (bicyclic) bond motifs is 1. The number of ether oxygens (including phenoxy) is 1. The third-order valence-electron chi connectivity index (χ3n) is 4.87. The van der Waals surface area contributed by atoms with Crippen molar-refractivity contribution in [1.82, 2.24) is 10.3 Å². The van der Waals surface area contributed by atoms with Crippen molar-refractivity contribution in [3.05, 3.63) is 30.0 Å². The summed E-state index contributed by atoms with van der Waals surface area (Å²) in [4.78, 5) is 6.74. The highest BCUT2D eigenvalue weighted by Crippen LogP contribution is 2.43. The number of para-hydroxylation sites is 1. The van der Waals surface area contributed by atoms with Gasteiger partial charge in [-0.25, -0.2) is 0 Å². The Morgan fingerprint density at radius 3 is 2.75 bits per heavy atom. The summed E-state index contributed by atoms with van der Waals surface area (Å²) in [6, 6.07) is 8.18. The number of nitriles is 1. The number of aromatic nitrogens is 1. The first-order valence-corrected chi connectivity index (χ1v) is 8.58. The molecule has 4 rings (SSSR count). The van der Waals surface area contributed by atoms with Crippen LogP contribution in [0, 0.1) is 16.7 Å². The first-order chi connectivity index (χ1) is 11.8. The topological polar surface area (TPSA) is 61.2 Å². The van der Waals surface area contributed by atoms with E-state index < -0.39 is 0 Å². The smallest absolute Gasteiger partial charge is 0.145 e. The molecular weight excluding hydrogens is 300 g/mol. The zero-order chi connectivity index (χ0) is 17.2. The standard InChI is InChI=1S/C17H18N4O.C2H6/c1-22-14-4-2-3-13-15(14)20-8-12(7-18)16(13)21-10-17(11-21)5-6-19-9-17;1-2/h2-4,8,19H,5-6,9-11H2,1H3;1-2H3. The van der Waals surface area contributed by atoms with Gasteiger partial charge in [0.2, 0.25) is 0 Å². The maximum atomic E-state index is 9.47. The summed E-state index contributed by atoms with van der Waals surface area (Å²) in [5.74, 6) is 0.751. The van der Waals surface area contributed by atoms with Gasteiger partial charge in [-0.3, -0.25) is 4.98 Å². The maximum Gasteiger partial charge on any atom is 0.145 e. The second-order valence-corrected chi connectivity index (χ2v) is 6.27. The average molecular weight is 324 g/mol. The van der Waals surface area contributed by atoms with Gasteiger partial charge in [0.1, 0.15) is 17.3 Å². The van der Waals surface area contributed by atoms with E-state index in [-0.39, 0.29) is 0 Å². The number of rotatable bonds is 2. The van der Waals surface area contributed by atoms with Gasteiger partial charge in [-0.05, 0) is 19.0 Å². The third-order valence-corrected chi connectivity index (χ3v) is 4.87. The van der Waals surface area contributed by atoms with Crippen LogP contribution >= 0.6 is 0 Å². The molecule has 3 heterocycles. The van der Waals surface area contributed by atoms with E-state index in [1.165, 1.54) is 6.42 Å². The van der Waals surface area contributed by atoms with Crippen LogP contribution in [0.3, 0.4) is 0 Å². The Labute approximate surface area is 143 Å². The Morgan fingerprint density at radius 2 is 2.12 bits per heavy atom. The number of nitrogens with zero attached hydrogens (tertiary/aromatic N) is 3. The lowest BCUT2D eigenvalue weighted by Crippen LogP contribution is -2.57. The second-order valence-electron chi connectivity index (χ2n) is 6.27. The van der Waals surface area contributed by atoms with E-state index in [0.717, 1.165) is 48.5 Å². The molecule has 2 aliphatic heterocycles. The van der Waals surface area contributed by atoms with Crippen LogP contribution in [0.2, 0.25) is 0 Å². The van der Waals surface area contributed by atoms with Gasteiger partial charge >= 0.3 is 0 Å². The van der Waals surface area contributed by atoms with E-state index in [2.05, 4.69) is 21.3 Å². The number of benzene rings is 1. The fourth-order valence-electron chi connectivity index (χ4n) is 3.76. The number of anilines is 1. The minimum Gasteiger partial charge on any atom is -0.494 e. The highest BCUT2D eigenvalue weighted by Gasteiger charge is 2.45. The minimum absolute atomic E-state index is 0.390. The fraction of sp³-hybridized carbons (Fsp3) is 0.474. The predicted octanol–water partition coefficient (Wildman–Crippen LogP) is 2.94. The lowest BCUT2D eigenvalue weighted by atomic mass is 9.78. The summed E-state index contributed by atoms with van der Waals surface area (Å²) in [6.45, 7) is 8.19. The van der Waals surface area contributed by atoms with Crippen LogP contribution in [0.1, 0.15) is 25.8 Å². The fourth-order valence-corrected chi connectivity index (χ4v) is 3.76. The quantitative estimate of drug-likeness (QED) is 0.920. The van der Waals surface area contributed by atoms with E-state index in [1.807, 2.05) is 32.0 Å². The number of pyridine rings is 1. The molecular formula is C19H24N4O. The lowest BCUT2D eigenvalue weighted by Gasteiger charge is -2.49. The van der Waals surface area contributed by atoms with Gasteiger partial charge in [0.25, 0.3) is 0 Å². The molecule has 0 radical (unpaired) electrons. The first kappa shape index (κ1) is 16.5. The molecule has 1 aromatic heterocycles. The Morgan fingerprint density at radius 1 is 1.33 bits per heavy atom. The monoisotopic (exact) mass is 324 g/mol. The highest BCUT2D eigenvalue weighted by molar-refractivity contribution is 5.98. The van der Waals surface area contributed by atoms with Crippen LogP contribution in [0.25, 0.3) is 10.9 Å². The molecule has 5 heteroatoms. The van der Waals surface area contributed by atoms with E-state index in [4.69, 9.17) is 4.74 Å². The molecule has 2 aromatic rings. The highest BCUT2D eigenvalue weighted by atomic mass is 16.5. The Bertz CT molecular complexity index is 767. The molecule has 2 fully saturated rings. The molecule has 0 atom stereocenters. The molecule has 1 spiro atoms. The van der Waals surface area contributed by atoms with Crippen LogP contribution < -0.4 is 15.0 Å². The normalized spacial score (nSPS) is 17.8. The van der Waals surface area contributed by atoms with Gasteiger partial charge in [0.05, 0.1) is 18.4 Å². The summed E-state index contributed by atoms with van der Waals surface area (Å²) in [5.41, 5.74) is 2.86. The lowest BCUT2D eigenvalue weighted by molar-refractivity contribution is 0.243. The Kier molecular flexibility index (Phi) is 4.59. The van der Waals surface area contributed by atoms with Crippen LogP contribution in [-0.2, 0) is 0 Å². The van der Waals surface area contributed by atoms with Crippen LogP contribution in [-0.4, -0.2) is 38.3 Å². The SMILES string of the molecule is CC.COc1cccc2c(N3CC4(CCNC4)C3)c(C#N)cnc12. The summed E-state index contributed by atoms with van der Waals surface area (Å²) in [7, 11) is 1.65. The van der Waals surface area contributed by atoms with E-state index in [1.54, 1.807) is 13.3 Å². The van der Waals surface area contributed by atoms with Crippen molar-refractivity contribution in [3.63, 3.8) is 0 Å². The van der Waals surface area contributed by atoms with E-state index in [0.29, 0.717) is 11.0 Å². The largest absolute Gasteiger partial charge is 0.494 e. The van der Waals surface area contributed by atoms with Gasteiger partial charge in [0.15, 0.2) is 0 Å². The van der Waals surface area contributed by atoms with Gasteiger partial charge in [-0.2, -0.15) is 5.26 Å². The summed E-state index contributed by atoms with van der Waals surface area (Å²) >= 11 is 0. The zero-order valence-electron chi connectivity index (χ0n) is 14.6. The molecule has 24 heavy (non-hydrogen) atoms. The first-order valence-electron chi connectivity index (χ1n) is 8.58. The molecule has 126 valence electrons. The van der Waals surface area contributed by atoms with Gasteiger partial charge < -0.3 is 15.0 Å². The molecule has 0 bridgehead atoms. The summed E-state index contributed by atoms with van der Waals surface area (Å²) in [6.07, 6.45) is 2.88. The molecule has 5 nitrogen and oxygen atoms in total. The van der Waals surface area contributed by atoms with Gasteiger partial charge in [-0.1, -0.05) is 26.0 Å². The number of hydrogen-bond acceptors (Lipinski definition) is 5. The Hall–Kier alpha value is -2.32. The molecule has 0 amide bonds. The number of nitrogens with one attached hydrogen (secondary N) is 1. The minimum atomic E-state index is 0.390. The average Bonchev–Trinajstić information content (AvgIpc) is 3.10.